The normalized spacial score (nSPS) is 14.7. The summed E-state index contributed by atoms with van der Waals surface area (Å²) in [5.41, 5.74) is 1.79. The predicted octanol–water partition coefficient (Wildman–Crippen LogP) is 2.55. The van der Waals surface area contributed by atoms with Gasteiger partial charge in [-0.25, -0.2) is 4.39 Å². The third-order valence-corrected chi connectivity index (χ3v) is 3.45. The fourth-order valence-electron chi connectivity index (χ4n) is 2.34. The van der Waals surface area contributed by atoms with Crippen molar-refractivity contribution in [3.8, 4) is 0 Å². The van der Waals surface area contributed by atoms with Gasteiger partial charge in [-0.2, -0.15) is 0 Å². The molecule has 2 rings (SSSR count). The zero-order valence-corrected chi connectivity index (χ0v) is 11.8. The molecule has 1 fully saturated rings. The summed E-state index contributed by atoms with van der Waals surface area (Å²) in [6.07, 6.45) is 2.30. The van der Waals surface area contributed by atoms with Gasteiger partial charge in [0.25, 0.3) is 0 Å². The van der Waals surface area contributed by atoms with E-state index in [0.29, 0.717) is 19.2 Å². The molecule has 1 saturated carbocycles. The monoisotopic (exact) mass is 266 g/mol. The second-order valence-corrected chi connectivity index (χ2v) is 4.95. The number of halogens is 1. The second kappa shape index (κ2) is 6.87. The topological polar surface area (TPSA) is 24.5 Å². The lowest BCUT2D eigenvalue weighted by molar-refractivity contribution is 0.204. The van der Waals surface area contributed by atoms with Crippen LogP contribution in [0.3, 0.4) is 0 Å². The van der Waals surface area contributed by atoms with Crippen molar-refractivity contribution in [3.05, 3.63) is 29.6 Å². The van der Waals surface area contributed by atoms with E-state index in [4.69, 9.17) is 4.74 Å². The van der Waals surface area contributed by atoms with E-state index in [1.54, 1.807) is 19.2 Å². The Morgan fingerprint density at radius 1 is 1.42 bits per heavy atom. The van der Waals surface area contributed by atoms with Gasteiger partial charge in [-0.05, 0) is 31.0 Å². The van der Waals surface area contributed by atoms with Gasteiger partial charge in [0.2, 0.25) is 0 Å². The Morgan fingerprint density at radius 2 is 2.21 bits per heavy atom. The molecule has 4 heteroatoms. The molecular weight excluding hydrogens is 243 g/mol. The van der Waals surface area contributed by atoms with Crippen LogP contribution < -0.4 is 10.2 Å². The maximum atomic E-state index is 14.2. The van der Waals surface area contributed by atoms with Crippen molar-refractivity contribution in [1.82, 2.24) is 5.32 Å². The molecule has 1 aromatic carbocycles. The summed E-state index contributed by atoms with van der Waals surface area (Å²) in [6.45, 7) is 5.03. The molecular formula is C15H23FN2O. The number of hydrogen-bond donors (Lipinski definition) is 1. The molecule has 0 radical (unpaired) electrons. The average molecular weight is 266 g/mol. The van der Waals surface area contributed by atoms with E-state index >= 15 is 0 Å². The Balaban J connectivity index is 2.23. The van der Waals surface area contributed by atoms with Gasteiger partial charge < -0.3 is 15.0 Å². The highest BCUT2D eigenvalue weighted by Gasteiger charge is 2.31. The van der Waals surface area contributed by atoms with E-state index in [0.717, 1.165) is 37.2 Å². The summed E-state index contributed by atoms with van der Waals surface area (Å²) < 4.78 is 19.4. The van der Waals surface area contributed by atoms with E-state index in [1.807, 2.05) is 6.07 Å². The third-order valence-electron chi connectivity index (χ3n) is 3.45. The Morgan fingerprint density at radius 3 is 2.84 bits per heavy atom. The minimum atomic E-state index is -0.126. The van der Waals surface area contributed by atoms with Crippen molar-refractivity contribution in [2.75, 3.05) is 31.7 Å². The summed E-state index contributed by atoms with van der Waals surface area (Å²) in [5.74, 6) is -0.126. The molecule has 19 heavy (non-hydrogen) atoms. The first-order valence-corrected chi connectivity index (χ1v) is 7.01. The molecule has 1 aromatic rings. The first-order chi connectivity index (χ1) is 9.27. The smallest absolute Gasteiger partial charge is 0.146 e. The van der Waals surface area contributed by atoms with Gasteiger partial charge in [0.1, 0.15) is 5.82 Å². The largest absolute Gasteiger partial charge is 0.383 e. The Labute approximate surface area is 114 Å². The molecule has 0 aliphatic heterocycles. The van der Waals surface area contributed by atoms with Gasteiger partial charge in [0.15, 0.2) is 0 Å². The van der Waals surface area contributed by atoms with Crippen molar-refractivity contribution in [3.63, 3.8) is 0 Å². The lowest BCUT2D eigenvalue weighted by atomic mass is 10.1. The molecule has 0 saturated heterocycles. The minimum Gasteiger partial charge on any atom is -0.383 e. The number of methoxy groups -OCH3 is 1. The van der Waals surface area contributed by atoms with E-state index in [9.17, 15) is 4.39 Å². The van der Waals surface area contributed by atoms with Crippen LogP contribution in [0.4, 0.5) is 10.1 Å². The van der Waals surface area contributed by atoms with E-state index in [1.165, 1.54) is 0 Å². The van der Waals surface area contributed by atoms with Crippen LogP contribution in [-0.4, -0.2) is 32.8 Å². The lowest BCUT2D eigenvalue weighted by Crippen LogP contribution is -2.32. The number of benzene rings is 1. The number of anilines is 1. The van der Waals surface area contributed by atoms with Crippen molar-refractivity contribution < 1.29 is 9.13 Å². The van der Waals surface area contributed by atoms with Crippen LogP contribution in [0, 0.1) is 5.82 Å². The number of ether oxygens (including phenoxy) is 1. The number of hydrogen-bond acceptors (Lipinski definition) is 3. The SMILES string of the molecule is CCNCc1cccc(F)c1N(CCOC)C1CC1. The summed E-state index contributed by atoms with van der Waals surface area (Å²) >= 11 is 0. The van der Waals surface area contributed by atoms with Crippen LogP contribution in [0.15, 0.2) is 18.2 Å². The van der Waals surface area contributed by atoms with Crippen LogP contribution in [0.25, 0.3) is 0 Å². The molecule has 106 valence electrons. The zero-order chi connectivity index (χ0) is 13.7. The van der Waals surface area contributed by atoms with Crippen LogP contribution in [0.5, 0.6) is 0 Å². The lowest BCUT2D eigenvalue weighted by Gasteiger charge is -2.27. The summed E-state index contributed by atoms with van der Waals surface area (Å²) in [6, 6.07) is 5.82. The van der Waals surface area contributed by atoms with E-state index in [-0.39, 0.29) is 5.82 Å². The van der Waals surface area contributed by atoms with E-state index in [2.05, 4.69) is 17.1 Å². The van der Waals surface area contributed by atoms with Crippen molar-refractivity contribution in [1.29, 1.82) is 0 Å². The Bertz CT molecular complexity index is 407. The number of nitrogens with one attached hydrogen (secondary N) is 1. The number of nitrogens with zero attached hydrogens (tertiary/aromatic N) is 1. The molecule has 3 nitrogen and oxygen atoms in total. The average Bonchev–Trinajstić information content (AvgIpc) is 3.23. The molecule has 0 spiro atoms. The molecule has 0 atom stereocenters. The fourth-order valence-corrected chi connectivity index (χ4v) is 2.34. The minimum absolute atomic E-state index is 0.126. The molecule has 1 N–H and O–H groups in total. The Kier molecular flexibility index (Phi) is 5.16. The molecule has 1 aliphatic rings. The van der Waals surface area contributed by atoms with Gasteiger partial charge in [0.05, 0.1) is 12.3 Å². The predicted molar refractivity (Wildman–Crippen MR) is 76.0 cm³/mol. The molecule has 0 bridgehead atoms. The van der Waals surface area contributed by atoms with E-state index < -0.39 is 0 Å². The van der Waals surface area contributed by atoms with Crippen molar-refractivity contribution in [2.45, 2.75) is 32.4 Å². The molecule has 0 heterocycles. The highest BCUT2D eigenvalue weighted by molar-refractivity contribution is 5.56. The van der Waals surface area contributed by atoms with Crippen molar-refractivity contribution in [2.24, 2.45) is 0 Å². The van der Waals surface area contributed by atoms with Gasteiger partial charge >= 0.3 is 0 Å². The standard InChI is InChI=1S/C15H23FN2O/c1-3-17-11-12-5-4-6-14(16)15(12)18(9-10-19-2)13-7-8-13/h4-6,13,17H,3,7-11H2,1-2H3. The quantitative estimate of drug-likeness (QED) is 0.782. The van der Waals surface area contributed by atoms with Crippen molar-refractivity contribution >= 4 is 5.69 Å². The maximum absolute atomic E-state index is 14.2. The summed E-state index contributed by atoms with van der Waals surface area (Å²) in [4.78, 5) is 2.17. The van der Waals surface area contributed by atoms with Gasteiger partial charge in [-0.1, -0.05) is 19.1 Å². The third kappa shape index (κ3) is 3.67. The first-order valence-electron chi connectivity index (χ1n) is 7.01. The van der Waals surface area contributed by atoms with Crippen LogP contribution in [-0.2, 0) is 11.3 Å². The number of rotatable bonds is 8. The maximum Gasteiger partial charge on any atom is 0.146 e. The van der Waals surface area contributed by atoms with Crippen LogP contribution >= 0.6 is 0 Å². The highest BCUT2D eigenvalue weighted by atomic mass is 19.1. The number of para-hydroxylation sites is 1. The second-order valence-electron chi connectivity index (χ2n) is 4.95. The molecule has 0 amide bonds. The summed E-state index contributed by atoms with van der Waals surface area (Å²) in [5, 5.41) is 3.28. The zero-order valence-electron chi connectivity index (χ0n) is 11.8. The molecule has 1 aliphatic carbocycles. The highest BCUT2D eigenvalue weighted by Crippen LogP contribution is 2.35. The first kappa shape index (κ1) is 14.3. The Hall–Kier alpha value is -1.13. The van der Waals surface area contributed by atoms with Gasteiger partial charge in [0, 0.05) is 26.2 Å². The van der Waals surface area contributed by atoms with Gasteiger partial charge in [-0.15, -0.1) is 0 Å². The summed E-state index contributed by atoms with van der Waals surface area (Å²) in [7, 11) is 1.69. The van der Waals surface area contributed by atoms with Gasteiger partial charge in [-0.3, -0.25) is 0 Å². The van der Waals surface area contributed by atoms with Crippen LogP contribution in [0.1, 0.15) is 25.3 Å². The van der Waals surface area contributed by atoms with Crippen LogP contribution in [0.2, 0.25) is 0 Å². The molecule has 0 aromatic heterocycles. The fraction of sp³-hybridized carbons (Fsp3) is 0.600. The molecule has 0 unspecified atom stereocenters.